The molecule has 0 aromatic heterocycles. The lowest BCUT2D eigenvalue weighted by Crippen LogP contribution is -2.54. The van der Waals surface area contributed by atoms with E-state index in [0.717, 1.165) is 17.7 Å². The molecule has 2 aromatic rings. The highest BCUT2D eigenvalue weighted by Gasteiger charge is 2.42. The van der Waals surface area contributed by atoms with E-state index in [9.17, 15) is 22.8 Å². The Bertz CT molecular complexity index is 1050. The van der Waals surface area contributed by atoms with Gasteiger partial charge in [0.15, 0.2) is 6.10 Å². The average Bonchev–Trinajstić information content (AvgIpc) is 2.95. The maximum Gasteiger partial charge on any atom is 0.425 e. The van der Waals surface area contributed by atoms with Crippen LogP contribution in [-0.4, -0.2) is 50.0 Å². The number of piperazine rings is 1. The van der Waals surface area contributed by atoms with Crippen LogP contribution in [0.15, 0.2) is 48.5 Å². The minimum absolute atomic E-state index is 0.0193. The number of halogens is 3. The summed E-state index contributed by atoms with van der Waals surface area (Å²) in [5.41, 5.74) is 1.02. The molecule has 3 rings (SSSR count). The number of rotatable bonds is 14. The molecular formula is C30H39F3N2O5. The Balaban J connectivity index is 1.44. The molecule has 1 aliphatic heterocycles. The molecule has 2 aromatic carbocycles. The Morgan fingerprint density at radius 2 is 1.55 bits per heavy atom. The fourth-order valence-electron chi connectivity index (χ4n) is 4.30. The second-order valence-corrected chi connectivity index (χ2v) is 9.92. The molecule has 2 N–H and O–H groups in total. The van der Waals surface area contributed by atoms with Crippen LogP contribution in [0.1, 0.15) is 80.8 Å². The van der Waals surface area contributed by atoms with Gasteiger partial charge in [-0.05, 0) is 61.2 Å². The summed E-state index contributed by atoms with van der Waals surface area (Å²) in [6.07, 6.45) is -1.62. The number of ether oxygens (including phenoxy) is 3. The summed E-state index contributed by atoms with van der Waals surface area (Å²) < 4.78 is 55.4. The second kappa shape index (κ2) is 15.6. The van der Waals surface area contributed by atoms with Crippen molar-refractivity contribution >= 4 is 11.9 Å². The highest BCUT2D eigenvalue weighted by molar-refractivity contribution is 5.89. The van der Waals surface area contributed by atoms with Gasteiger partial charge in [-0.2, -0.15) is 13.2 Å². The molecule has 10 heteroatoms. The number of esters is 2. The number of nitrogens with one attached hydrogen (secondary N) is 2. The Hall–Kier alpha value is -3.11. The Kier molecular flexibility index (Phi) is 12.3. The van der Waals surface area contributed by atoms with Crippen LogP contribution in [0.5, 0.6) is 11.5 Å². The number of carbonyl (C=O) groups excluding carboxylic acids is 2. The van der Waals surface area contributed by atoms with E-state index >= 15 is 0 Å². The van der Waals surface area contributed by atoms with E-state index in [4.69, 9.17) is 14.2 Å². The summed E-state index contributed by atoms with van der Waals surface area (Å²) in [6, 6.07) is 12.6. The lowest BCUT2D eigenvalue weighted by atomic mass is 10.0. The first-order chi connectivity index (χ1) is 19.2. The van der Waals surface area contributed by atoms with Gasteiger partial charge in [0.25, 0.3) is 0 Å². The standard InChI is InChI=1S/C30H39F3N2O5/c1-3-5-7-8-18-38-23-14-10-21(11-15-23)25-19-35-26(20-34-25)29(37)39-24-16-12-22(13-17-24)28(36)40-27(9-6-4-2)30(31,32)33/h10-17,25-27,34-35H,3-9,18-20H2,1-2H3/t25?,26-,27?/m0/s1. The van der Waals surface area contributed by atoms with E-state index < -0.39 is 30.3 Å². The maximum absolute atomic E-state index is 13.2. The quantitative estimate of drug-likeness (QED) is 0.162. The summed E-state index contributed by atoms with van der Waals surface area (Å²) in [5.74, 6) is -0.576. The van der Waals surface area contributed by atoms with Crippen LogP contribution in [-0.2, 0) is 9.53 Å². The van der Waals surface area contributed by atoms with E-state index in [0.29, 0.717) is 26.1 Å². The van der Waals surface area contributed by atoms with Gasteiger partial charge in [0.05, 0.1) is 12.2 Å². The molecule has 1 aliphatic rings. The molecule has 220 valence electrons. The van der Waals surface area contributed by atoms with Crippen LogP contribution in [0.2, 0.25) is 0 Å². The zero-order chi connectivity index (χ0) is 29.0. The lowest BCUT2D eigenvalue weighted by molar-refractivity contribution is -0.206. The van der Waals surface area contributed by atoms with Crippen LogP contribution >= 0.6 is 0 Å². The normalized spacial score (nSPS) is 18.1. The van der Waals surface area contributed by atoms with Gasteiger partial charge >= 0.3 is 18.1 Å². The summed E-state index contributed by atoms with van der Waals surface area (Å²) >= 11 is 0. The van der Waals surface area contributed by atoms with E-state index in [-0.39, 0.29) is 30.2 Å². The largest absolute Gasteiger partial charge is 0.494 e. The molecule has 1 fully saturated rings. The van der Waals surface area contributed by atoms with Crippen molar-refractivity contribution in [3.63, 3.8) is 0 Å². The van der Waals surface area contributed by atoms with E-state index in [1.54, 1.807) is 6.92 Å². The Morgan fingerprint density at radius 1 is 0.875 bits per heavy atom. The summed E-state index contributed by atoms with van der Waals surface area (Å²) in [7, 11) is 0. The molecule has 0 radical (unpaired) electrons. The van der Waals surface area contributed by atoms with Gasteiger partial charge < -0.3 is 24.8 Å². The number of unbranched alkanes of at least 4 members (excludes halogenated alkanes) is 4. The van der Waals surface area contributed by atoms with Crippen molar-refractivity contribution in [1.82, 2.24) is 10.6 Å². The van der Waals surface area contributed by atoms with Crippen molar-refractivity contribution in [3.05, 3.63) is 59.7 Å². The highest BCUT2D eigenvalue weighted by Crippen LogP contribution is 2.28. The molecular weight excluding hydrogens is 525 g/mol. The second-order valence-electron chi connectivity index (χ2n) is 9.92. The molecule has 3 atom stereocenters. The van der Waals surface area contributed by atoms with Crippen LogP contribution in [0.4, 0.5) is 13.2 Å². The molecule has 0 saturated carbocycles. The number of hydrogen-bond acceptors (Lipinski definition) is 7. The fourth-order valence-corrected chi connectivity index (χ4v) is 4.30. The van der Waals surface area contributed by atoms with Crippen molar-refractivity contribution in [3.8, 4) is 11.5 Å². The highest BCUT2D eigenvalue weighted by atomic mass is 19.4. The molecule has 1 saturated heterocycles. The number of carbonyl (C=O) groups is 2. The fraction of sp³-hybridized carbons (Fsp3) is 0.533. The van der Waals surface area contributed by atoms with Gasteiger partial charge in [0.2, 0.25) is 0 Å². The minimum Gasteiger partial charge on any atom is -0.494 e. The number of hydrogen-bond donors (Lipinski definition) is 2. The number of benzene rings is 2. The third kappa shape index (κ3) is 9.82. The Morgan fingerprint density at radius 3 is 2.15 bits per heavy atom. The smallest absolute Gasteiger partial charge is 0.425 e. The van der Waals surface area contributed by atoms with Crippen LogP contribution in [0, 0.1) is 0 Å². The van der Waals surface area contributed by atoms with Gasteiger partial charge in [-0.15, -0.1) is 0 Å². The van der Waals surface area contributed by atoms with Gasteiger partial charge in [-0.25, -0.2) is 9.59 Å². The topological polar surface area (TPSA) is 85.9 Å². The number of alkyl halides is 3. The molecule has 2 unspecified atom stereocenters. The van der Waals surface area contributed by atoms with Crippen LogP contribution < -0.4 is 20.1 Å². The van der Waals surface area contributed by atoms with Gasteiger partial charge in [-0.1, -0.05) is 51.7 Å². The third-order valence-electron chi connectivity index (χ3n) is 6.71. The first-order valence-corrected chi connectivity index (χ1v) is 14.0. The zero-order valence-electron chi connectivity index (χ0n) is 23.1. The molecule has 7 nitrogen and oxygen atoms in total. The van der Waals surface area contributed by atoms with Crippen LogP contribution in [0.25, 0.3) is 0 Å². The summed E-state index contributed by atoms with van der Waals surface area (Å²) in [4.78, 5) is 24.9. The lowest BCUT2D eigenvalue weighted by Gasteiger charge is -2.30. The van der Waals surface area contributed by atoms with Crippen molar-refractivity contribution in [1.29, 1.82) is 0 Å². The first-order valence-electron chi connectivity index (χ1n) is 14.0. The van der Waals surface area contributed by atoms with Gasteiger partial charge in [0.1, 0.15) is 17.5 Å². The van der Waals surface area contributed by atoms with Crippen molar-refractivity contribution in [2.75, 3.05) is 19.7 Å². The predicted molar refractivity (Wildman–Crippen MR) is 145 cm³/mol. The van der Waals surface area contributed by atoms with Crippen molar-refractivity contribution in [2.45, 2.75) is 83.2 Å². The molecule has 40 heavy (non-hydrogen) atoms. The van der Waals surface area contributed by atoms with Crippen molar-refractivity contribution < 1.29 is 37.0 Å². The molecule has 0 bridgehead atoms. The van der Waals surface area contributed by atoms with Gasteiger partial charge in [-0.3, -0.25) is 0 Å². The van der Waals surface area contributed by atoms with Gasteiger partial charge in [0, 0.05) is 19.1 Å². The van der Waals surface area contributed by atoms with E-state index in [1.165, 1.54) is 43.5 Å². The maximum atomic E-state index is 13.2. The third-order valence-corrected chi connectivity index (χ3v) is 6.71. The molecule has 1 heterocycles. The first kappa shape index (κ1) is 31.4. The Labute approximate surface area is 233 Å². The summed E-state index contributed by atoms with van der Waals surface area (Å²) in [6.45, 7) is 5.51. The monoisotopic (exact) mass is 564 g/mol. The summed E-state index contributed by atoms with van der Waals surface area (Å²) in [5, 5.41) is 6.54. The molecule has 0 amide bonds. The molecule has 0 aliphatic carbocycles. The van der Waals surface area contributed by atoms with E-state index in [1.807, 2.05) is 24.3 Å². The van der Waals surface area contributed by atoms with Crippen molar-refractivity contribution in [2.24, 2.45) is 0 Å². The predicted octanol–water partition coefficient (Wildman–Crippen LogP) is 6.13. The van der Waals surface area contributed by atoms with E-state index in [2.05, 4.69) is 17.6 Å². The molecule has 0 spiro atoms. The average molecular weight is 565 g/mol. The van der Waals surface area contributed by atoms with Crippen LogP contribution in [0.3, 0.4) is 0 Å². The zero-order valence-corrected chi connectivity index (χ0v) is 23.1. The minimum atomic E-state index is -4.63. The SMILES string of the molecule is CCCCCCOc1ccc(C2CN[C@H](C(=O)Oc3ccc(C(=O)OC(CCCC)C(F)(F)F)cc3)CN2)cc1.